The summed E-state index contributed by atoms with van der Waals surface area (Å²) in [6.07, 6.45) is 1.91. The van der Waals surface area contributed by atoms with E-state index < -0.39 is 17.5 Å². The van der Waals surface area contributed by atoms with Crippen LogP contribution in [0.15, 0.2) is 78.9 Å². The molecule has 7 heteroatoms. The van der Waals surface area contributed by atoms with Crippen LogP contribution in [0.1, 0.15) is 35.2 Å². The maximum absolute atomic E-state index is 13.5. The minimum absolute atomic E-state index is 0.00625. The molecule has 1 heterocycles. The summed E-state index contributed by atoms with van der Waals surface area (Å²) in [7, 11) is 0. The Hall–Kier alpha value is -3.97. The number of phenolic OH excluding ortho intramolecular Hbond substituents is 1. The number of Topliss-reactive ketones (excluding diaryl/α,β-unsaturated/α-hetero) is 1. The second kappa shape index (κ2) is 9.95. The lowest BCUT2D eigenvalue weighted by Gasteiger charge is -2.30. The molecule has 0 bridgehead atoms. The van der Waals surface area contributed by atoms with Crippen LogP contribution in [0.2, 0.25) is 0 Å². The van der Waals surface area contributed by atoms with Crippen molar-refractivity contribution in [2.75, 3.05) is 6.61 Å². The van der Waals surface area contributed by atoms with Gasteiger partial charge < -0.3 is 20.5 Å². The Labute approximate surface area is 209 Å². The van der Waals surface area contributed by atoms with Gasteiger partial charge in [-0.05, 0) is 60.2 Å². The third-order valence-electron chi connectivity index (χ3n) is 7.10. The first-order valence-corrected chi connectivity index (χ1v) is 12.2. The number of carbonyl (C=O) groups is 3. The smallest absolute Gasteiger partial charge is 0.251 e. The van der Waals surface area contributed by atoms with Crippen molar-refractivity contribution in [3.8, 4) is 16.9 Å². The summed E-state index contributed by atoms with van der Waals surface area (Å²) in [5, 5.41) is 15.4. The number of rotatable bonds is 7. The molecule has 7 nitrogen and oxygen atoms in total. The van der Waals surface area contributed by atoms with E-state index in [-0.39, 0.29) is 36.6 Å². The molecule has 3 aromatic carbocycles. The molecule has 2 aliphatic rings. The number of phenols is 1. The quantitative estimate of drug-likeness (QED) is 0.477. The number of benzene rings is 3. The highest BCUT2D eigenvalue weighted by Gasteiger charge is 2.55. The number of hydrogen-bond donors (Lipinski definition) is 3. The zero-order valence-electron chi connectivity index (χ0n) is 19.8. The van der Waals surface area contributed by atoms with Gasteiger partial charge in [-0.25, -0.2) is 0 Å². The van der Waals surface area contributed by atoms with E-state index in [2.05, 4.69) is 10.6 Å². The zero-order chi connectivity index (χ0) is 25.1. The lowest BCUT2D eigenvalue weighted by Crippen LogP contribution is -2.60. The standard InChI is InChI=1S/C29H28N2O5/c32-23-14-8-19(9-15-23)17-24(28(35)31-29-16-4-7-26(29)36-18-25(29)33)30-27(34)22-12-10-21(11-13-22)20-5-2-1-3-6-20/h1-3,5-6,8-15,24,26,32H,4,7,16-18H2,(H,30,34)(H,31,35)/t24-,26+,29-/m0/s1. The molecule has 0 spiro atoms. The molecule has 3 atom stereocenters. The number of amides is 2. The van der Waals surface area contributed by atoms with Crippen molar-refractivity contribution in [1.29, 1.82) is 0 Å². The number of aromatic hydroxyl groups is 1. The highest BCUT2D eigenvalue weighted by molar-refractivity contribution is 6.00. The molecule has 1 aliphatic heterocycles. The Kier molecular flexibility index (Phi) is 6.57. The van der Waals surface area contributed by atoms with Crippen LogP contribution in [0.5, 0.6) is 5.75 Å². The summed E-state index contributed by atoms with van der Waals surface area (Å²) in [6, 6.07) is 22.6. The van der Waals surface area contributed by atoms with Crippen molar-refractivity contribution < 1.29 is 24.2 Å². The van der Waals surface area contributed by atoms with Crippen molar-refractivity contribution in [3.63, 3.8) is 0 Å². The molecule has 1 saturated carbocycles. The Morgan fingerprint density at radius 2 is 1.67 bits per heavy atom. The fraction of sp³-hybridized carbons (Fsp3) is 0.276. The highest BCUT2D eigenvalue weighted by atomic mass is 16.5. The van der Waals surface area contributed by atoms with E-state index in [1.54, 1.807) is 24.3 Å². The van der Waals surface area contributed by atoms with Crippen molar-refractivity contribution in [3.05, 3.63) is 90.0 Å². The van der Waals surface area contributed by atoms with E-state index in [0.29, 0.717) is 12.0 Å². The van der Waals surface area contributed by atoms with Crippen molar-refractivity contribution >= 4 is 17.6 Å². The molecule has 5 rings (SSSR count). The summed E-state index contributed by atoms with van der Waals surface area (Å²) in [5.74, 6) is -0.820. The summed E-state index contributed by atoms with van der Waals surface area (Å²) >= 11 is 0. The monoisotopic (exact) mass is 484 g/mol. The zero-order valence-corrected chi connectivity index (χ0v) is 19.8. The first-order chi connectivity index (χ1) is 17.4. The predicted molar refractivity (Wildman–Crippen MR) is 134 cm³/mol. The van der Waals surface area contributed by atoms with Gasteiger partial charge in [-0.3, -0.25) is 14.4 Å². The van der Waals surface area contributed by atoms with Gasteiger partial charge in [-0.2, -0.15) is 0 Å². The predicted octanol–water partition coefficient (Wildman–Crippen LogP) is 3.41. The van der Waals surface area contributed by atoms with E-state index in [4.69, 9.17) is 4.74 Å². The average molecular weight is 485 g/mol. The molecule has 2 amide bonds. The van der Waals surface area contributed by atoms with Crippen LogP contribution >= 0.6 is 0 Å². The third kappa shape index (κ3) is 4.75. The van der Waals surface area contributed by atoms with Crippen LogP contribution in [-0.2, 0) is 20.7 Å². The maximum Gasteiger partial charge on any atom is 0.251 e. The second-order valence-corrected chi connectivity index (χ2v) is 9.42. The number of ether oxygens (including phenoxy) is 1. The van der Waals surface area contributed by atoms with Gasteiger partial charge in [-0.1, -0.05) is 54.6 Å². The largest absolute Gasteiger partial charge is 0.508 e. The molecule has 0 unspecified atom stereocenters. The number of nitrogens with one attached hydrogen (secondary N) is 2. The number of ketones is 1. The van der Waals surface area contributed by atoms with Gasteiger partial charge in [0.15, 0.2) is 5.78 Å². The van der Waals surface area contributed by atoms with E-state index in [0.717, 1.165) is 29.5 Å². The topological polar surface area (TPSA) is 105 Å². The Morgan fingerprint density at radius 1 is 0.972 bits per heavy atom. The van der Waals surface area contributed by atoms with E-state index in [1.807, 2.05) is 42.5 Å². The van der Waals surface area contributed by atoms with E-state index >= 15 is 0 Å². The van der Waals surface area contributed by atoms with Gasteiger partial charge in [0.2, 0.25) is 5.91 Å². The number of carbonyl (C=O) groups excluding carboxylic acids is 3. The lowest BCUT2D eigenvalue weighted by molar-refractivity contribution is -0.131. The Morgan fingerprint density at radius 3 is 2.39 bits per heavy atom. The van der Waals surface area contributed by atoms with Gasteiger partial charge >= 0.3 is 0 Å². The molecule has 184 valence electrons. The maximum atomic E-state index is 13.5. The summed E-state index contributed by atoms with van der Waals surface area (Å²) in [5.41, 5.74) is 2.20. The normalized spacial score (nSPS) is 21.6. The van der Waals surface area contributed by atoms with Crippen LogP contribution in [0, 0.1) is 0 Å². The van der Waals surface area contributed by atoms with Crippen LogP contribution in [0.25, 0.3) is 11.1 Å². The Bertz CT molecular complexity index is 1260. The highest BCUT2D eigenvalue weighted by Crippen LogP contribution is 2.38. The fourth-order valence-corrected chi connectivity index (χ4v) is 5.11. The van der Waals surface area contributed by atoms with Crippen LogP contribution in [-0.4, -0.2) is 47.0 Å². The number of fused-ring (bicyclic) bond motifs is 1. The third-order valence-corrected chi connectivity index (χ3v) is 7.10. The van der Waals surface area contributed by atoms with Gasteiger partial charge in [0.1, 0.15) is 23.9 Å². The molecule has 0 radical (unpaired) electrons. The molecule has 1 saturated heterocycles. The molecule has 3 aromatic rings. The van der Waals surface area contributed by atoms with Gasteiger partial charge in [0, 0.05) is 12.0 Å². The van der Waals surface area contributed by atoms with E-state index in [9.17, 15) is 19.5 Å². The molecular weight excluding hydrogens is 456 g/mol. The first kappa shape index (κ1) is 23.8. The molecule has 0 aromatic heterocycles. The van der Waals surface area contributed by atoms with Gasteiger partial charge in [0.25, 0.3) is 5.91 Å². The summed E-state index contributed by atoms with van der Waals surface area (Å²) < 4.78 is 5.62. The molecule has 3 N–H and O–H groups in total. The van der Waals surface area contributed by atoms with Crippen molar-refractivity contribution in [2.24, 2.45) is 0 Å². The molecule has 36 heavy (non-hydrogen) atoms. The van der Waals surface area contributed by atoms with Crippen LogP contribution in [0.3, 0.4) is 0 Å². The molecule has 2 fully saturated rings. The number of hydrogen-bond acceptors (Lipinski definition) is 5. The molecular formula is C29H28N2O5. The van der Waals surface area contributed by atoms with Crippen LogP contribution in [0.4, 0.5) is 0 Å². The summed E-state index contributed by atoms with van der Waals surface area (Å²) in [4.78, 5) is 39.3. The minimum atomic E-state index is -1.02. The van der Waals surface area contributed by atoms with Crippen molar-refractivity contribution in [2.45, 2.75) is 43.4 Å². The second-order valence-electron chi connectivity index (χ2n) is 9.42. The van der Waals surface area contributed by atoms with Gasteiger partial charge in [-0.15, -0.1) is 0 Å². The van der Waals surface area contributed by atoms with Crippen LogP contribution < -0.4 is 10.6 Å². The summed E-state index contributed by atoms with van der Waals surface area (Å²) in [6.45, 7) is -0.00625. The minimum Gasteiger partial charge on any atom is -0.508 e. The SMILES string of the molecule is O=C(N[C@@H](Cc1ccc(O)cc1)C(=O)N[C@]12CCC[C@H]1OCC2=O)c1ccc(-c2ccccc2)cc1. The Balaban J connectivity index is 1.35. The first-order valence-electron chi connectivity index (χ1n) is 12.2. The van der Waals surface area contributed by atoms with Crippen molar-refractivity contribution in [1.82, 2.24) is 10.6 Å². The van der Waals surface area contributed by atoms with E-state index in [1.165, 1.54) is 12.1 Å². The fourth-order valence-electron chi connectivity index (χ4n) is 5.11. The molecule has 1 aliphatic carbocycles. The average Bonchev–Trinajstić information content (AvgIpc) is 3.44. The van der Waals surface area contributed by atoms with Gasteiger partial charge in [0.05, 0.1) is 6.10 Å². The lowest BCUT2D eigenvalue weighted by atomic mass is 9.91.